The zero-order valence-electron chi connectivity index (χ0n) is 43.1. The Hall–Kier alpha value is -6.58. The van der Waals surface area contributed by atoms with Crippen LogP contribution >= 0.6 is 11.8 Å². The zero-order chi connectivity index (χ0) is 56.6. The first-order valence-electron chi connectivity index (χ1n) is 23.7. The van der Waals surface area contributed by atoms with E-state index in [0.29, 0.717) is 5.75 Å². The maximum absolute atomic E-state index is 14.1. The highest BCUT2D eigenvalue weighted by molar-refractivity contribution is 7.98. The average Bonchev–Trinajstić information content (AvgIpc) is 3.29. The lowest BCUT2D eigenvalue weighted by Crippen LogP contribution is -2.62. The summed E-state index contributed by atoms with van der Waals surface area (Å²) in [5.74, 6) is -17.6. The lowest BCUT2D eigenvalue weighted by Gasteiger charge is -2.31. The molecule has 15 N–H and O–H groups in total. The van der Waals surface area contributed by atoms with Gasteiger partial charge in [-0.1, -0.05) is 68.2 Å². The highest BCUT2D eigenvalue weighted by Gasteiger charge is 2.39. The maximum Gasteiger partial charge on any atom is 0.326 e. The van der Waals surface area contributed by atoms with Gasteiger partial charge in [-0.3, -0.25) is 57.5 Å². The van der Waals surface area contributed by atoms with Crippen LogP contribution in [0.25, 0.3) is 0 Å². The third-order valence-electron chi connectivity index (χ3n) is 11.5. The number of nitrogens with one attached hydrogen (secondary N) is 9. The summed E-state index contributed by atoms with van der Waals surface area (Å²) in [5, 5.41) is 59.4. The van der Waals surface area contributed by atoms with Gasteiger partial charge in [-0.25, -0.2) is 4.79 Å². The summed E-state index contributed by atoms with van der Waals surface area (Å²) >= 11 is 1.39. The molecule has 0 saturated heterocycles. The van der Waals surface area contributed by atoms with Gasteiger partial charge < -0.3 is 74.0 Å². The van der Waals surface area contributed by atoms with Crippen LogP contribution in [0.1, 0.15) is 108 Å². The van der Waals surface area contributed by atoms with Gasteiger partial charge in [0.25, 0.3) is 0 Å². The normalized spacial score (nSPS) is 16.1. The number of rotatable bonds is 34. The van der Waals surface area contributed by atoms with E-state index in [1.807, 2.05) is 0 Å². The standard InChI is InChI=1S/C45H76N10O17S/c1-12-21(7)34(43(69)51-26(16-29(56)57)39(65)50-28(18-31(60)61)41(67)53-33(20(5)6)45(71)72)55-44(70)35(22(8)13-2)54-42(68)32(19(3)4)52-40(66)27(17-30(58)59)49-37(63)24(10)47-38(64)25(14-15-73-11)48-36(62)23(9)46/h19-28,32-35H,12-18,46H2,1-11H3,(H,47,64)(H,48,62)(H,49,63)(H,50,65)(H,51,69)(H,52,66)(H,53,67)(H,54,68)(H,55,70)(H,56,57)(H,58,59)(H,60,61)(H,71,72)/t21-,22-,23-,24-,25-,26-,27-,28-,32-,33-,34-,35-/m0/s1. The first-order chi connectivity index (χ1) is 33.8. The van der Waals surface area contributed by atoms with Crippen LogP contribution in [0.3, 0.4) is 0 Å². The van der Waals surface area contributed by atoms with Crippen molar-refractivity contribution in [3.8, 4) is 0 Å². The summed E-state index contributed by atoms with van der Waals surface area (Å²) in [4.78, 5) is 168. The van der Waals surface area contributed by atoms with E-state index in [1.54, 1.807) is 27.0 Å². The number of thioether (sulfide) groups is 1. The van der Waals surface area contributed by atoms with E-state index in [0.717, 1.165) is 0 Å². The Morgan fingerprint density at radius 3 is 1.08 bits per heavy atom. The molecule has 27 nitrogen and oxygen atoms in total. The fourth-order valence-electron chi connectivity index (χ4n) is 6.62. The van der Waals surface area contributed by atoms with Crippen molar-refractivity contribution in [2.45, 2.75) is 168 Å². The third-order valence-corrected chi connectivity index (χ3v) is 12.2. The SMILES string of the molecule is CC[C@H](C)[C@H](NC(=O)[C@@H](NC(=O)[C@H](CC(=O)O)NC(=O)[C@H](C)NC(=O)[C@H](CCSC)NC(=O)[C@H](C)N)C(C)C)C(=O)N[C@H](C(=O)N[C@@H](CC(=O)O)C(=O)N[C@@H](CC(=O)O)C(=O)N[C@H](C(=O)O)C(C)C)[C@@H](C)CC. The summed E-state index contributed by atoms with van der Waals surface area (Å²) < 4.78 is 0. The minimum absolute atomic E-state index is 0.174. The molecule has 0 radical (unpaired) electrons. The fourth-order valence-corrected chi connectivity index (χ4v) is 7.09. The Morgan fingerprint density at radius 1 is 0.411 bits per heavy atom. The number of nitrogens with two attached hydrogens (primary N) is 1. The molecule has 0 heterocycles. The van der Waals surface area contributed by atoms with Gasteiger partial charge in [0.2, 0.25) is 53.2 Å². The zero-order valence-corrected chi connectivity index (χ0v) is 43.9. The Bertz CT molecular complexity index is 1990. The van der Waals surface area contributed by atoms with Crippen LogP contribution < -0.4 is 53.6 Å². The Labute approximate surface area is 427 Å². The van der Waals surface area contributed by atoms with Gasteiger partial charge in [0.1, 0.15) is 54.4 Å². The molecule has 0 aliphatic heterocycles. The molecule has 9 amide bonds. The quantitative estimate of drug-likeness (QED) is 0.0314. The van der Waals surface area contributed by atoms with Crippen molar-refractivity contribution in [1.29, 1.82) is 0 Å². The molecule has 28 heteroatoms. The Kier molecular flexibility index (Phi) is 29.6. The number of hydrogen-bond donors (Lipinski definition) is 14. The first kappa shape index (κ1) is 66.4. The van der Waals surface area contributed by atoms with Gasteiger partial charge >= 0.3 is 23.9 Å². The number of carbonyl (C=O) groups is 13. The Morgan fingerprint density at radius 2 is 0.726 bits per heavy atom. The fraction of sp³-hybridized carbons (Fsp3) is 0.711. The molecule has 12 atom stereocenters. The van der Waals surface area contributed by atoms with E-state index >= 15 is 0 Å². The highest BCUT2D eigenvalue weighted by Crippen LogP contribution is 2.15. The molecule has 73 heavy (non-hydrogen) atoms. The van der Waals surface area contributed by atoms with Crippen LogP contribution in [0.4, 0.5) is 0 Å². The molecule has 0 aliphatic rings. The van der Waals surface area contributed by atoms with Crippen molar-refractivity contribution in [2.75, 3.05) is 12.0 Å². The van der Waals surface area contributed by atoms with E-state index < -0.39 is 180 Å². The molecule has 0 aromatic carbocycles. The predicted molar refractivity (Wildman–Crippen MR) is 263 cm³/mol. The molecule has 0 aromatic heterocycles. The number of carbonyl (C=O) groups excluding carboxylic acids is 9. The molecule has 0 spiro atoms. The minimum atomic E-state index is -1.98. The van der Waals surface area contributed by atoms with E-state index in [1.165, 1.54) is 60.2 Å². The van der Waals surface area contributed by atoms with Crippen LogP contribution in [-0.4, -0.2) is 170 Å². The maximum atomic E-state index is 14.1. The molecule has 414 valence electrons. The molecule has 0 fully saturated rings. The van der Waals surface area contributed by atoms with E-state index in [-0.39, 0.29) is 19.3 Å². The second-order valence-electron chi connectivity index (χ2n) is 18.4. The topological polar surface area (TPSA) is 437 Å². The second kappa shape index (κ2) is 32.5. The summed E-state index contributed by atoms with van der Waals surface area (Å²) in [7, 11) is 0. The monoisotopic (exact) mass is 1060 g/mol. The molecule has 0 aliphatic carbocycles. The van der Waals surface area contributed by atoms with Crippen molar-refractivity contribution in [3.05, 3.63) is 0 Å². The van der Waals surface area contributed by atoms with E-state index in [9.17, 15) is 82.8 Å². The van der Waals surface area contributed by atoms with Gasteiger partial charge in [-0.05, 0) is 55.9 Å². The van der Waals surface area contributed by atoms with E-state index in [2.05, 4.69) is 47.9 Å². The van der Waals surface area contributed by atoms with Gasteiger partial charge in [0, 0.05) is 0 Å². The number of amides is 9. The van der Waals surface area contributed by atoms with Crippen molar-refractivity contribution >= 4 is 88.8 Å². The van der Waals surface area contributed by atoms with Crippen LogP contribution in [0.5, 0.6) is 0 Å². The molecular weight excluding hydrogens is 985 g/mol. The predicted octanol–water partition coefficient (Wildman–Crippen LogP) is -2.62. The second-order valence-corrected chi connectivity index (χ2v) is 19.4. The lowest BCUT2D eigenvalue weighted by molar-refractivity contribution is -0.145. The van der Waals surface area contributed by atoms with Crippen molar-refractivity contribution in [3.63, 3.8) is 0 Å². The minimum Gasteiger partial charge on any atom is -0.481 e. The number of carboxylic acids is 4. The Balaban J connectivity index is 6.56. The first-order valence-corrected chi connectivity index (χ1v) is 25.1. The van der Waals surface area contributed by atoms with Crippen LogP contribution in [0, 0.1) is 23.7 Å². The van der Waals surface area contributed by atoms with Crippen LogP contribution in [0.15, 0.2) is 0 Å². The van der Waals surface area contributed by atoms with Gasteiger partial charge in [-0.15, -0.1) is 0 Å². The smallest absolute Gasteiger partial charge is 0.326 e. The summed E-state index contributed by atoms with van der Waals surface area (Å²) in [6, 6.07) is -15.0. The molecule has 0 unspecified atom stereocenters. The summed E-state index contributed by atoms with van der Waals surface area (Å²) in [6.45, 7) is 15.1. The molecule has 0 saturated carbocycles. The van der Waals surface area contributed by atoms with Gasteiger partial charge in [-0.2, -0.15) is 11.8 Å². The van der Waals surface area contributed by atoms with Crippen molar-refractivity contribution in [1.82, 2.24) is 47.9 Å². The van der Waals surface area contributed by atoms with E-state index in [4.69, 9.17) is 5.73 Å². The molecular formula is C45H76N10O17S. The lowest BCUT2D eigenvalue weighted by atomic mass is 9.94. The van der Waals surface area contributed by atoms with Gasteiger partial charge in [0.05, 0.1) is 25.3 Å². The number of hydrogen-bond acceptors (Lipinski definition) is 15. The molecule has 0 aromatic rings. The number of aliphatic carboxylic acids is 4. The summed E-state index contributed by atoms with van der Waals surface area (Å²) in [6.07, 6.45) is -0.718. The van der Waals surface area contributed by atoms with Gasteiger partial charge in [0.15, 0.2) is 0 Å². The largest absolute Gasteiger partial charge is 0.481 e. The summed E-state index contributed by atoms with van der Waals surface area (Å²) in [5.41, 5.74) is 5.62. The average molecular weight is 1060 g/mol. The van der Waals surface area contributed by atoms with Crippen molar-refractivity contribution in [2.24, 2.45) is 29.4 Å². The molecule has 0 rings (SSSR count). The number of carboxylic acid groups (broad SMARTS) is 4. The third kappa shape index (κ3) is 23.7. The van der Waals surface area contributed by atoms with Crippen LogP contribution in [0.2, 0.25) is 0 Å². The highest BCUT2D eigenvalue weighted by atomic mass is 32.2. The van der Waals surface area contributed by atoms with Crippen molar-refractivity contribution < 1.29 is 82.8 Å². The van der Waals surface area contributed by atoms with Crippen LogP contribution in [-0.2, 0) is 62.3 Å². The molecule has 0 bridgehead atoms.